The number of rotatable bonds is 4. The van der Waals surface area contributed by atoms with E-state index in [4.69, 9.17) is 9.47 Å². The van der Waals surface area contributed by atoms with Crippen LogP contribution in [0.4, 0.5) is 0 Å². The number of benzene rings is 1. The van der Waals surface area contributed by atoms with Crippen LogP contribution in [0, 0.1) is 0 Å². The Labute approximate surface area is 104 Å². The van der Waals surface area contributed by atoms with Gasteiger partial charge in [-0.2, -0.15) is 0 Å². The fourth-order valence-corrected chi connectivity index (χ4v) is 1.41. The van der Waals surface area contributed by atoms with Gasteiger partial charge in [0.1, 0.15) is 18.1 Å². The van der Waals surface area contributed by atoms with E-state index < -0.39 is 5.97 Å². The minimum atomic E-state index is -0.400. The molecule has 2 aromatic rings. The van der Waals surface area contributed by atoms with Crippen LogP contribution < -0.4 is 4.74 Å². The van der Waals surface area contributed by atoms with E-state index in [1.165, 1.54) is 0 Å². The number of aryl methyl sites for hydroxylation is 1. The first-order chi connectivity index (χ1) is 8.69. The first-order valence-electron chi connectivity index (χ1n) is 5.35. The first kappa shape index (κ1) is 12.1. The van der Waals surface area contributed by atoms with Crippen LogP contribution in [-0.4, -0.2) is 28.1 Å². The fraction of sp³-hybridized carbons (Fsp3) is 0.250. The lowest BCUT2D eigenvalue weighted by atomic mass is 10.2. The van der Waals surface area contributed by atoms with Crippen LogP contribution in [0.5, 0.6) is 5.75 Å². The average Bonchev–Trinajstić information content (AvgIpc) is 2.82. The second kappa shape index (κ2) is 5.31. The summed E-state index contributed by atoms with van der Waals surface area (Å²) in [6.45, 7) is 0.110. The number of methoxy groups -OCH3 is 1. The number of carbonyl (C=O) groups is 1. The number of esters is 1. The molecule has 0 spiro atoms. The summed E-state index contributed by atoms with van der Waals surface area (Å²) in [5, 5.41) is 7.57. The monoisotopic (exact) mass is 247 g/mol. The number of hydrogen-bond donors (Lipinski definition) is 0. The maximum absolute atomic E-state index is 11.7. The summed E-state index contributed by atoms with van der Waals surface area (Å²) in [7, 11) is 3.32. The first-order valence-corrected chi connectivity index (χ1v) is 5.35. The van der Waals surface area contributed by atoms with Crippen LogP contribution in [0.3, 0.4) is 0 Å². The van der Waals surface area contributed by atoms with Crippen molar-refractivity contribution in [1.82, 2.24) is 15.0 Å². The zero-order chi connectivity index (χ0) is 13.0. The molecule has 18 heavy (non-hydrogen) atoms. The van der Waals surface area contributed by atoms with Gasteiger partial charge in [0.05, 0.1) is 18.9 Å². The minimum absolute atomic E-state index is 0.110. The summed E-state index contributed by atoms with van der Waals surface area (Å²) in [5.74, 6) is 0.295. The smallest absolute Gasteiger partial charge is 0.338 e. The van der Waals surface area contributed by atoms with E-state index in [9.17, 15) is 4.79 Å². The molecule has 94 valence electrons. The molecule has 0 N–H and O–H groups in total. The Hall–Kier alpha value is -2.37. The summed E-state index contributed by atoms with van der Waals surface area (Å²) >= 11 is 0. The largest absolute Gasteiger partial charge is 0.497 e. The van der Waals surface area contributed by atoms with Crippen molar-refractivity contribution in [3.05, 3.63) is 41.7 Å². The molecule has 0 unspecified atom stereocenters. The van der Waals surface area contributed by atoms with Crippen molar-refractivity contribution in [3.8, 4) is 5.75 Å². The molecule has 2 rings (SSSR count). The van der Waals surface area contributed by atoms with E-state index in [0.717, 1.165) is 0 Å². The molecule has 0 radical (unpaired) electrons. The van der Waals surface area contributed by atoms with Crippen LogP contribution in [-0.2, 0) is 18.4 Å². The molecule has 0 saturated heterocycles. The zero-order valence-corrected chi connectivity index (χ0v) is 10.2. The van der Waals surface area contributed by atoms with Gasteiger partial charge in [0.2, 0.25) is 0 Å². The molecular weight excluding hydrogens is 234 g/mol. The summed E-state index contributed by atoms with van der Waals surface area (Å²) in [5.41, 5.74) is 1.08. The van der Waals surface area contributed by atoms with E-state index >= 15 is 0 Å². The van der Waals surface area contributed by atoms with E-state index in [0.29, 0.717) is 17.0 Å². The van der Waals surface area contributed by atoms with Gasteiger partial charge in [0.25, 0.3) is 0 Å². The third-order valence-electron chi connectivity index (χ3n) is 2.33. The molecule has 0 aliphatic rings. The van der Waals surface area contributed by atoms with Gasteiger partial charge >= 0.3 is 5.97 Å². The second-order valence-corrected chi connectivity index (χ2v) is 3.69. The highest BCUT2D eigenvalue weighted by Crippen LogP contribution is 2.12. The molecule has 0 amide bonds. The van der Waals surface area contributed by atoms with Crippen molar-refractivity contribution in [2.24, 2.45) is 7.05 Å². The van der Waals surface area contributed by atoms with Gasteiger partial charge in [-0.05, 0) is 24.3 Å². The number of hydrogen-bond acceptors (Lipinski definition) is 5. The molecule has 6 nitrogen and oxygen atoms in total. The van der Waals surface area contributed by atoms with Crippen LogP contribution in [0.15, 0.2) is 30.5 Å². The third-order valence-corrected chi connectivity index (χ3v) is 2.33. The van der Waals surface area contributed by atoms with Crippen molar-refractivity contribution < 1.29 is 14.3 Å². The molecular formula is C12H13N3O3. The standard InChI is InChI=1S/C12H13N3O3/c1-15-7-10(13-14-15)8-18-12(16)9-3-5-11(17-2)6-4-9/h3-7H,8H2,1-2H3. The summed E-state index contributed by atoms with van der Waals surface area (Å²) < 4.78 is 11.7. The SMILES string of the molecule is COc1ccc(C(=O)OCc2cn(C)nn2)cc1. The topological polar surface area (TPSA) is 66.2 Å². The van der Waals surface area contributed by atoms with Crippen LogP contribution >= 0.6 is 0 Å². The van der Waals surface area contributed by atoms with Crippen molar-refractivity contribution in [3.63, 3.8) is 0 Å². The molecule has 0 saturated carbocycles. The van der Waals surface area contributed by atoms with Crippen molar-refractivity contribution in [2.75, 3.05) is 7.11 Å². The highest BCUT2D eigenvalue weighted by molar-refractivity contribution is 5.89. The number of carbonyl (C=O) groups excluding carboxylic acids is 1. The van der Waals surface area contributed by atoms with E-state index in [1.807, 2.05) is 0 Å². The highest BCUT2D eigenvalue weighted by atomic mass is 16.5. The van der Waals surface area contributed by atoms with E-state index in [1.54, 1.807) is 49.3 Å². The normalized spacial score (nSPS) is 10.1. The molecule has 0 fully saturated rings. The fourth-order valence-electron chi connectivity index (χ4n) is 1.41. The molecule has 1 heterocycles. The zero-order valence-electron chi connectivity index (χ0n) is 10.2. The molecule has 0 atom stereocenters. The summed E-state index contributed by atoms with van der Waals surface area (Å²) in [6.07, 6.45) is 1.70. The minimum Gasteiger partial charge on any atom is -0.497 e. The Morgan fingerprint density at radius 3 is 2.61 bits per heavy atom. The lowest BCUT2D eigenvalue weighted by Gasteiger charge is -2.03. The van der Waals surface area contributed by atoms with Gasteiger partial charge in [-0.15, -0.1) is 5.10 Å². The number of nitrogens with zero attached hydrogens (tertiary/aromatic N) is 3. The van der Waals surface area contributed by atoms with E-state index in [2.05, 4.69) is 10.3 Å². The van der Waals surface area contributed by atoms with Crippen LogP contribution in [0.25, 0.3) is 0 Å². The van der Waals surface area contributed by atoms with E-state index in [-0.39, 0.29) is 6.61 Å². The summed E-state index contributed by atoms with van der Waals surface area (Å²) in [4.78, 5) is 11.7. The Bertz CT molecular complexity index is 534. The Kier molecular flexibility index (Phi) is 3.57. The molecule has 6 heteroatoms. The van der Waals surface area contributed by atoms with Crippen LogP contribution in [0.2, 0.25) is 0 Å². The summed E-state index contributed by atoms with van der Waals surface area (Å²) in [6, 6.07) is 6.72. The maximum Gasteiger partial charge on any atom is 0.338 e. The highest BCUT2D eigenvalue weighted by Gasteiger charge is 2.08. The second-order valence-electron chi connectivity index (χ2n) is 3.69. The molecule has 1 aromatic heterocycles. The molecule has 0 aliphatic carbocycles. The lowest BCUT2D eigenvalue weighted by molar-refractivity contribution is 0.0467. The Morgan fingerprint density at radius 1 is 1.33 bits per heavy atom. The molecule has 1 aromatic carbocycles. The average molecular weight is 247 g/mol. The van der Waals surface area contributed by atoms with Gasteiger partial charge in [-0.25, -0.2) is 4.79 Å². The van der Waals surface area contributed by atoms with Gasteiger partial charge in [0.15, 0.2) is 0 Å². The predicted octanol–water partition coefficient (Wildman–Crippen LogP) is 1.18. The van der Waals surface area contributed by atoms with Crippen LogP contribution in [0.1, 0.15) is 16.1 Å². The Morgan fingerprint density at radius 2 is 2.06 bits per heavy atom. The van der Waals surface area contributed by atoms with Crippen molar-refractivity contribution in [2.45, 2.75) is 6.61 Å². The molecule has 0 aliphatic heterocycles. The lowest BCUT2D eigenvalue weighted by Crippen LogP contribution is -2.05. The van der Waals surface area contributed by atoms with Crippen molar-refractivity contribution >= 4 is 5.97 Å². The Balaban J connectivity index is 1.94. The maximum atomic E-state index is 11.7. The third kappa shape index (κ3) is 2.85. The van der Waals surface area contributed by atoms with Gasteiger partial charge in [-0.3, -0.25) is 4.68 Å². The quantitative estimate of drug-likeness (QED) is 0.759. The van der Waals surface area contributed by atoms with Crippen molar-refractivity contribution in [1.29, 1.82) is 0 Å². The molecule has 0 bridgehead atoms. The number of ether oxygens (including phenoxy) is 2. The van der Waals surface area contributed by atoms with Gasteiger partial charge in [-0.1, -0.05) is 5.21 Å². The van der Waals surface area contributed by atoms with Gasteiger partial charge in [0, 0.05) is 7.05 Å². The number of aromatic nitrogens is 3. The van der Waals surface area contributed by atoms with Gasteiger partial charge < -0.3 is 9.47 Å². The predicted molar refractivity (Wildman–Crippen MR) is 63.1 cm³/mol.